The summed E-state index contributed by atoms with van der Waals surface area (Å²) in [7, 11) is 0. The minimum absolute atomic E-state index is 0.120. The van der Waals surface area contributed by atoms with Gasteiger partial charge in [0.15, 0.2) is 5.82 Å². The molecule has 0 bridgehead atoms. The highest BCUT2D eigenvalue weighted by molar-refractivity contribution is 5.79. The molecule has 34 heavy (non-hydrogen) atoms. The van der Waals surface area contributed by atoms with Crippen molar-refractivity contribution in [2.75, 3.05) is 0 Å². The summed E-state index contributed by atoms with van der Waals surface area (Å²) in [6.07, 6.45) is 0.738. The summed E-state index contributed by atoms with van der Waals surface area (Å²) in [5.41, 5.74) is 3.13. The third-order valence-electron chi connectivity index (χ3n) is 6.00. The summed E-state index contributed by atoms with van der Waals surface area (Å²) in [4.78, 5) is 18.2. The van der Waals surface area contributed by atoms with Crippen LogP contribution in [0.4, 0.5) is 4.39 Å². The SMILES string of the molecule is CC[C@@H](c1nnnn1C(C)(C)C)N(Cc1ccc(F)cc1)Cc1cc2cc(C)ccc2[nH]c1=O. The maximum absolute atomic E-state index is 13.5. The van der Waals surface area contributed by atoms with Gasteiger partial charge in [-0.3, -0.25) is 9.69 Å². The molecule has 0 unspecified atom stereocenters. The van der Waals surface area contributed by atoms with E-state index in [-0.39, 0.29) is 23.0 Å². The van der Waals surface area contributed by atoms with Crippen LogP contribution in [-0.4, -0.2) is 30.1 Å². The molecule has 2 aromatic carbocycles. The molecule has 0 aliphatic heterocycles. The first-order valence-electron chi connectivity index (χ1n) is 11.6. The summed E-state index contributed by atoms with van der Waals surface area (Å²) in [6, 6.07) is 14.3. The Balaban J connectivity index is 1.77. The molecular formula is C26H31FN6O. The van der Waals surface area contributed by atoms with Gasteiger partial charge in [0.05, 0.1) is 11.6 Å². The molecule has 0 fully saturated rings. The van der Waals surface area contributed by atoms with Crippen molar-refractivity contribution in [2.24, 2.45) is 0 Å². The van der Waals surface area contributed by atoms with Gasteiger partial charge in [-0.1, -0.05) is 30.7 Å². The minimum Gasteiger partial charge on any atom is -0.322 e. The third-order valence-corrected chi connectivity index (χ3v) is 6.00. The molecular weight excluding hydrogens is 431 g/mol. The molecule has 0 aliphatic rings. The molecule has 0 saturated carbocycles. The number of tetrazole rings is 1. The molecule has 178 valence electrons. The van der Waals surface area contributed by atoms with E-state index < -0.39 is 0 Å². The standard InChI is InChI=1S/C26H31FN6O/c1-6-23(24-29-30-31-33(24)26(3,4)5)32(15-18-8-10-21(27)11-9-18)16-20-14-19-13-17(2)7-12-22(19)28-25(20)34/h7-14,23H,6,15-16H2,1-5H3,(H,28,34)/t23-/m0/s1. The Morgan fingerprint density at radius 1 is 1.09 bits per heavy atom. The van der Waals surface area contributed by atoms with E-state index in [2.05, 4.69) is 59.2 Å². The Morgan fingerprint density at radius 2 is 1.82 bits per heavy atom. The number of aryl methyl sites for hydroxylation is 1. The van der Waals surface area contributed by atoms with Crippen LogP contribution >= 0.6 is 0 Å². The van der Waals surface area contributed by atoms with Crippen molar-refractivity contribution < 1.29 is 4.39 Å². The summed E-state index contributed by atoms with van der Waals surface area (Å²) in [5.74, 6) is 0.463. The van der Waals surface area contributed by atoms with E-state index in [0.717, 1.165) is 34.3 Å². The van der Waals surface area contributed by atoms with Crippen LogP contribution in [0.3, 0.4) is 0 Å². The molecule has 0 aliphatic carbocycles. The predicted octanol–water partition coefficient (Wildman–Crippen LogP) is 4.87. The quantitative estimate of drug-likeness (QED) is 0.424. The van der Waals surface area contributed by atoms with E-state index in [9.17, 15) is 9.18 Å². The van der Waals surface area contributed by atoms with Crippen LogP contribution in [0.5, 0.6) is 0 Å². The van der Waals surface area contributed by atoms with Crippen molar-refractivity contribution >= 4 is 10.9 Å². The molecule has 8 heteroatoms. The third kappa shape index (κ3) is 5.07. The molecule has 0 amide bonds. The first-order chi connectivity index (χ1) is 16.2. The topological polar surface area (TPSA) is 79.7 Å². The van der Waals surface area contributed by atoms with E-state index in [4.69, 9.17) is 0 Å². The van der Waals surface area contributed by atoms with Crippen molar-refractivity contribution in [1.82, 2.24) is 30.1 Å². The summed E-state index contributed by atoms with van der Waals surface area (Å²) >= 11 is 0. The second-order valence-electron chi connectivity index (χ2n) is 9.79. The number of pyridine rings is 1. The fourth-order valence-electron chi connectivity index (χ4n) is 4.29. The van der Waals surface area contributed by atoms with Gasteiger partial charge in [-0.2, -0.15) is 0 Å². The van der Waals surface area contributed by atoms with Gasteiger partial charge in [-0.15, -0.1) is 5.10 Å². The fraction of sp³-hybridized carbons (Fsp3) is 0.385. The molecule has 0 radical (unpaired) electrons. The van der Waals surface area contributed by atoms with E-state index >= 15 is 0 Å². The van der Waals surface area contributed by atoms with E-state index in [1.54, 1.807) is 12.1 Å². The van der Waals surface area contributed by atoms with Crippen molar-refractivity contribution in [3.05, 3.63) is 87.2 Å². The van der Waals surface area contributed by atoms with E-state index in [0.29, 0.717) is 18.7 Å². The Kier molecular flexibility index (Phi) is 6.61. The number of H-pyrrole nitrogens is 1. The number of fused-ring (bicyclic) bond motifs is 1. The second-order valence-corrected chi connectivity index (χ2v) is 9.79. The minimum atomic E-state index is -0.300. The lowest BCUT2D eigenvalue weighted by Gasteiger charge is -2.32. The van der Waals surface area contributed by atoms with Crippen LogP contribution in [0.15, 0.2) is 53.3 Å². The lowest BCUT2D eigenvalue weighted by Crippen LogP contribution is -2.35. The van der Waals surface area contributed by atoms with Crippen LogP contribution in [0, 0.1) is 12.7 Å². The molecule has 1 N–H and O–H groups in total. The number of nitrogens with one attached hydrogen (secondary N) is 1. The van der Waals surface area contributed by atoms with Crippen LogP contribution in [0.1, 0.15) is 62.7 Å². The Morgan fingerprint density at radius 3 is 2.50 bits per heavy atom. The van der Waals surface area contributed by atoms with Gasteiger partial charge >= 0.3 is 0 Å². The molecule has 4 aromatic rings. The Labute approximate surface area is 198 Å². The van der Waals surface area contributed by atoms with Crippen molar-refractivity contribution in [1.29, 1.82) is 0 Å². The Bertz CT molecular complexity index is 1340. The van der Waals surface area contributed by atoms with Crippen molar-refractivity contribution in [2.45, 2.75) is 65.7 Å². The van der Waals surface area contributed by atoms with Crippen molar-refractivity contribution in [3.8, 4) is 0 Å². The number of aromatic amines is 1. The number of rotatable bonds is 7. The smallest absolute Gasteiger partial charge is 0.252 e. The summed E-state index contributed by atoms with van der Waals surface area (Å²) in [6.45, 7) is 11.2. The average molecular weight is 463 g/mol. The fourth-order valence-corrected chi connectivity index (χ4v) is 4.29. The first-order valence-corrected chi connectivity index (χ1v) is 11.6. The number of halogens is 1. The second kappa shape index (κ2) is 9.46. The normalized spacial score (nSPS) is 13.0. The summed E-state index contributed by atoms with van der Waals surface area (Å²) in [5, 5.41) is 13.6. The number of hydrogen-bond acceptors (Lipinski definition) is 5. The molecule has 4 rings (SSSR count). The molecule has 2 heterocycles. The van der Waals surface area contributed by atoms with Crippen LogP contribution in [-0.2, 0) is 18.6 Å². The number of benzene rings is 2. The van der Waals surface area contributed by atoms with Gasteiger partial charge in [-0.05, 0) is 85.8 Å². The highest BCUT2D eigenvalue weighted by Gasteiger charge is 2.29. The monoisotopic (exact) mass is 462 g/mol. The molecule has 0 spiro atoms. The van der Waals surface area contributed by atoms with Gasteiger partial charge in [0.1, 0.15) is 5.82 Å². The number of nitrogens with zero attached hydrogens (tertiary/aromatic N) is 5. The zero-order chi connectivity index (χ0) is 24.5. The molecule has 0 saturated heterocycles. The molecule has 1 atom stereocenters. The van der Waals surface area contributed by atoms with E-state index in [1.807, 2.05) is 29.8 Å². The predicted molar refractivity (Wildman–Crippen MR) is 131 cm³/mol. The van der Waals surface area contributed by atoms with Crippen LogP contribution in [0.2, 0.25) is 0 Å². The van der Waals surface area contributed by atoms with E-state index in [1.165, 1.54) is 12.1 Å². The van der Waals surface area contributed by atoms with Crippen molar-refractivity contribution in [3.63, 3.8) is 0 Å². The highest BCUT2D eigenvalue weighted by Crippen LogP contribution is 2.29. The maximum Gasteiger partial charge on any atom is 0.252 e. The zero-order valence-corrected chi connectivity index (χ0v) is 20.3. The first kappa shape index (κ1) is 23.8. The lowest BCUT2D eigenvalue weighted by atomic mass is 10.0. The average Bonchev–Trinajstić information content (AvgIpc) is 3.27. The largest absolute Gasteiger partial charge is 0.322 e. The van der Waals surface area contributed by atoms with Crippen LogP contribution < -0.4 is 5.56 Å². The summed E-state index contributed by atoms with van der Waals surface area (Å²) < 4.78 is 15.4. The van der Waals surface area contributed by atoms with Gasteiger partial charge in [0.2, 0.25) is 0 Å². The van der Waals surface area contributed by atoms with Gasteiger partial charge in [0, 0.05) is 24.2 Å². The zero-order valence-electron chi connectivity index (χ0n) is 20.3. The van der Waals surface area contributed by atoms with Crippen LogP contribution in [0.25, 0.3) is 10.9 Å². The van der Waals surface area contributed by atoms with Gasteiger partial charge < -0.3 is 4.98 Å². The van der Waals surface area contributed by atoms with Gasteiger partial charge in [0.25, 0.3) is 5.56 Å². The Hall–Kier alpha value is -3.39. The number of hydrogen-bond donors (Lipinski definition) is 1. The van der Waals surface area contributed by atoms with Gasteiger partial charge in [-0.25, -0.2) is 9.07 Å². The number of aromatic nitrogens is 5. The highest BCUT2D eigenvalue weighted by atomic mass is 19.1. The molecule has 7 nitrogen and oxygen atoms in total. The maximum atomic E-state index is 13.5. The molecule has 2 aromatic heterocycles. The lowest BCUT2D eigenvalue weighted by molar-refractivity contribution is 0.153.